The van der Waals surface area contributed by atoms with Crippen molar-refractivity contribution in [3.8, 4) is 6.07 Å². The van der Waals surface area contributed by atoms with Crippen LogP contribution in [-0.2, 0) is 11.0 Å². The SMILES string of the molecule is N#Cc1ccc2c(c1)C(CC(=O)O)N(c1ccc(C(F)(F)F)cc1)C(N1CCN(c3ccc(F)cc3)CC1)=N2. The van der Waals surface area contributed by atoms with Gasteiger partial charge in [-0.25, -0.2) is 9.38 Å². The third kappa shape index (κ3) is 5.36. The van der Waals surface area contributed by atoms with E-state index in [1.54, 1.807) is 35.2 Å². The maximum absolute atomic E-state index is 13.4. The van der Waals surface area contributed by atoms with Crippen LogP contribution in [0.25, 0.3) is 0 Å². The number of alkyl halides is 3. The highest BCUT2D eigenvalue weighted by molar-refractivity contribution is 6.01. The predicted octanol–water partition coefficient (Wildman–Crippen LogP) is 5.56. The van der Waals surface area contributed by atoms with Crippen LogP contribution in [0.15, 0.2) is 71.7 Å². The monoisotopic (exact) mass is 537 g/mol. The van der Waals surface area contributed by atoms with Crippen molar-refractivity contribution in [2.24, 2.45) is 4.99 Å². The zero-order valence-corrected chi connectivity index (χ0v) is 20.6. The van der Waals surface area contributed by atoms with E-state index in [0.717, 1.165) is 17.8 Å². The van der Waals surface area contributed by atoms with E-state index in [2.05, 4.69) is 4.90 Å². The quantitative estimate of drug-likeness (QED) is 0.439. The fourth-order valence-corrected chi connectivity index (χ4v) is 4.95. The van der Waals surface area contributed by atoms with Gasteiger partial charge in [-0.05, 0) is 66.7 Å². The minimum absolute atomic E-state index is 0.322. The number of nitriles is 1. The lowest BCUT2D eigenvalue weighted by Crippen LogP contribution is -2.55. The summed E-state index contributed by atoms with van der Waals surface area (Å²) in [5.41, 5.74) is 1.71. The van der Waals surface area contributed by atoms with Gasteiger partial charge in [-0.3, -0.25) is 4.79 Å². The molecule has 1 N–H and O–H groups in total. The lowest BCUT2D eigenvalue weighted by molar-refractivity contribution is -0.138. The minimum atomic E-state index is -4.53. The van der Waals surface area contributed by atoms with Gasteiger partial charge >= 0.3 is 12.1 Å². The number of hydrogen-bond donors (Lipinski definition) is 1. The van der Waals surface area contributed by atoms with Crippen LogP contribution < -0.4 is 9.80 Å². The molecular formula is C28H23F4N5O2. The molecule has 0 amide bonds. The van der Waals surface area contributed by atoms with E-state index in [0.29, 0.717) is 54.6 Å². The van der Waals surface area contributed by atoms with Crippen LogP contribution in [0.2, 0.25) is 0 Å². The number of aliphatic carboxylic acids is 1. The van der Waals surface area contributed by atoms with Crippen LogP contribution in [0.3, 0.4) is 0 Å². The van der Waals surface area contributed by atoms with Gasteiger partial charge in [-0.2, -0.15) is 18.4 Å². The van der Waals surface area contributed by atoms with Gasteiger partial charge in [0.15, 0.2) is 0 Å². The van der Waals surface area contributed by atoms with Gasteiger partial charge in [0.1, 0.15) is 5.82 Å². The van der Waals surface area contributed by atoms with Crippen molar-refractivity contribution in [1.82, 2.24) is 4.90 Å². The Morgan fingerprint density at radius 2 is 1.56 bits per heavy atom. The molecule has 2 heterocycles. The van der Waals surface area contributed by atoms with Crippen molar-refractivity contribution >= 4 is 29.0 Å². The van der Waals surface area contributed by atoms with Crippen LogP contribution in [0.4, 0.5) is 34.6 Å². The predicted molar refractivity (Wildman–Crippen MR) is 137 cm³/mol. The summed E-state index contributed by atoms with van der Waals surface area (Å²) >= 11 is 0. The highest BCUT2D eigenvalue weighted by atomic mass is 19.4. The van der Waals surface area contributed by atoms with Crippen LogP contribution in [0, 0.1) is 17.1 Å². The summed E-state index contributed by atoms with van der Waals surface area (Å²) in [7, 11) is 0. The van der Waals surface area contributed by atoms with Crippen molar-refractivity contribution in [3.05, 3.63) is 89.2 Å². The summed E-state index contributed by atoms with van der Waals surface area (Å²) in [4.78, 5) is 22.5. The van der Waals surface area contributed by atoms with Crippen molar-refractivity contribution in [2.45, 2.75) is 18.6 Å². The largest absolute Gasteiger partial charge is 0.481 e. The van der Waals surface area contributed by atoms with E-state index >= 15 is 0 Å². The molecule has 2 aliphatic heterocycles. The van der Waals surface area contributed by atoms with Crippen molar-refractivity contribution in [1.29, 1.82) is 5.26 Å². The molecule has 11 heteroatoms. The Morgan fingerprint density at radius 3 is 2.15 bits per heavy atom. The maximum Gasteiger partial charge on any atom is 0.416 e. The highest BCUT2D eigenvalue weighted by Crippen LogP contribution is 2.42. The van der Waals surface area contributed by atoms with E-state index in [4.69, 9.17) is 4.99 Å². The Bertz CT molecular complexity index is 1440. The molecule has 3 aromatic carbocycles. The third-order valence-corrected chi connectivity index (χ3v) is 6.86. The number of hydrogen-bond acceptors (Lipinski definition) is 6. The smallest absolute Gasteiger partial charge is 0.416 e. The normalized spacial score (nSPS) is 17.4. The first-order chi connectivity index (χ1) is 18.6. The maximum atomic E-state index is 13.4. The molecule has 7 nitrogen and oxygen atoms in total. The molecule has 5 rings (SSSR count). The minimum Gasteiger partial charge on any atom is -0.481 e. The summed E-state index contributed by atoms with van der Waals surface area (Å²) < 4.78 is 53.2. The van der Waals surface area contributed by atoms with E-state index in [9.17, 15) is 32.7 Å². The Kier molecular flexibility index (Phi) is 6.87. The number of aliphatic imine (C=N–C) groups is 1. The molecule has 0 aliphatic carbocycles. The summed E-state index contributed by atoms with van der Waals surface area (Å²) in [6.07, 6.45) is -4.89. The zero-order valence-electron chi connectivity index (χ0n) is 20.6. The first-order valence-electron chi connectivity index (χ1n) is 12.2. The second kappa shape index (κ2) is 10.3. The highest BCUT2D eigenvalue weighted by Gasteiger charge is 2.37. The molecule has 0 spiro atoms. The number of guanidine groups is 1. The Balaban J connectivity index is 1.54. The van der Waals surface area contributed by atoms with E-state index in [1.807, 2.05) is 11.0 Å². The molecule has 0 bridgehead atoms. The van der Waals surface area contributed by atoms with E-state index < -0.39 is 23.8 Å². The second-order valence-corrected chi connectivity index (χ2v) is 9.28. The molecule has 1 saturated heterocycles. The van der Waals surface area contributed by atoms with Crippen LogP contribution in [0.5, 0.6) is 0 Å². The van der Waals surface area contributed by atoms with Crippen LogP contribution in [0.1, 0.15) is 29.2 Å². The number of anilines is 2. The molecule has 2 aliphatic rings. The standard InChI is InChI=1S/C28H23F4N5O2/c29-20-4-8-21(9-5-20)35-11-13-36(14-12-35)27-34-24-10-1-18(17-33)15-23(24)25(16-26(38)39)37(27)22-6-2-19(3-7-22)28(30,31)32/h1-10,15,25H,11-14,16H2,(H,38,39). The number of piperazine rings is 1. The van der Waals surface area contributed by atoms with Crippen molar-refractivity contribution in [3.63, 3.8) is 0 Å². The summed E-state index contributed by atoms with van der Waals surface area (Å²) in [6, 6.07) is 16.8. The van der Waals surface area contributed by atoms with Crippen LogP contribution >= 0.6 is 0 Å². The number of nitrogens with zero attached hydrogens (tertiary/aromatic N) is 5. The summed E-state index contributed by atoms with van der Waals surface area (Å²) in [5.74, 6) is -1.02. The Morgan fingerprint density at radius 1 is 0.949 bits per heavy atom. The Labute approximate surface area is 221 Å². The molecule has 1 fully saturated rings. The van der Waals surface area contributed by atoms with Crippen molar-refractivity contribution < 1.29 is 27.5 Å². The lowest BCUT2D eigenvalue weighted by Gasteiger charge is -2.45. The Hall–Kier alpha value is -4.59. The van der Waals surface area contributed by atoms with Gasteiger partial charge in [0.25, 0.3) is 0 Å². The van der Waals surface area contributed by atoms with Gasteiger partial charge in [-0.1, -0.05) is 0 Å². The first-order valence-corrected chi connectivity index (χ1v) is 12.2. The average molecular weight is 538 g/mol. The lowest BCUT2D eigenvalue weighted by atomic mass is 9.95. The van der Waals surface area contributed by atoms with E-state index in [1.165, 1.54) is 24.3 Å². The van der Waals surface area contributed by atoms with Gasteiger partial charge < -0.3 is 19.8 Å². The summed E-state index contributed by atoms with van der Waals surface area (Å²) in [5, 5.41) is 19.2. The number of rotatable bonds is 4. The van der Waals surface area contributed by atoms with E-state index in [-0.39, 0.29) is 12.2 Å². The van der Waals surface area contributed by atoms with Crippen molar-refractivity contribution in [2.75, 3.05) is 36.0 Å². The molecule has 1 unspecified atom stereocenters. The molecular weight excluding hydrogens is 514 g/mol. The number of carbonyl (C=O) groups is 1. The van der Waals surface area contributed by atoms with Gasteiger partial charge in [0, 0.05) is 43.1 Å². The molecule has 0 radical (unpaired) electrons. The molecule has 0 saturated carbocycles. The average Bonchev–Trinajstić information content (AvgIpc) is 2.92. The second-order valence-electron chi connectivity index (χ2n) is 9.28. The number of carboxylic acid groups (broad SMARTS) is 1. The molecule has 200 valence electrons. The number of carboxylic acids is 1. The topological polar surface area (TPSA) is 83.2 Å². The zero-order chi connectivity index (χ0) is 27.7. The molecule has 0 aromatic heterocycles. The molecule has 1 atom stereocenters. The fraction of sp³-hybridized carbons (Fsp3) is 0.250. The van der Waals surface area contributed by atoms with Crippen LogP contribution in [-0.4, -0.2) is 48.1 Å². The summed E-state index contributed by atoms with van der Waals surface area (Å²) in [6.45, 7) is 2.10. The fourth-order valence-electron chi connectivity index (χ4n) is 4.95. The first kappa shape index (κ1) is 26.0. The molecule has 3 aromatic rings. The number of halogens is 4. The number of fused-ring (bicyclic) bond motifs is 1. The van der Waals surface area contributed by atoms with Gasteiger partial charge in [0.2, 0.25) is 5.96 Å². The van der Waals surface area contributed by atoms with Gasteiger partial charge in [-0.15, -0.1) is 0 Å². The molecule has 39 heavy (non-hydrogen) atoms. The van der Waals surface area contributed by atoms with Gasteiger partial charge in [0.05, 0.1) is 35.3 Å². The number of benzene rings is 3. The third-order valence-electron chi connectivity index (χ3n) is 6.86.